The van der Waals surface area contributed by atoms with Crippen molar-refractivity contribution < 1.29 is 33.0 Å². The van der Waals surface area contributed by atoms with Crippen LogP contribution < -0.4 is 4.72 Å². The zero-order chi connectivity index (χ0) is 24.2. The van der Waals surface area contributed by atoms with Gasteiger partial charge < -0.3 is 14.9 Å². The summed E-state index contributed by atoms with van der Waals surface area (Å²) in [6, 6.07) is 12.3. The summed E-state index contributed by atoms with van der Waals surface area (Å²) < 4.78 is 43.2. The maximum absolute atomic E-state index is 13.1. The molecule has 4 rings (SSSR count). The molecule has 0 radical (unpaired) electrons. The molecule has 0 fully saturated rings. The van der Waals surface area contributed by atoms with Crippen molar-refractivity contribution in [2.45, 2.75) is 43.2 Å². The summed E-state index contributed by atoms with van der Waals surface area (Å²) in [5, 5.41) is 23.7. The van der Waals surface area contributed by atoms with Crippen molar-refractivity contribution in [2.24, 2.45) is 0 Å². The molecule has 1 aliphatic carbocycles. The normalized spacial score (nSPS) is 15.4. The monoisotopic (exact) mass is 479 g/mol. The van der Waals surface area contributed by atoms with E-state index in [4.69, 9.17) is 20.4 Å². The highest BCUT2D eigenvalue weighted by Gasteiger charge is 2.28. The smallest absolute Gasteiger partial charge is 0.305 e. The quantitative estimate of drug-likeness (QED) is 0.363. The highest BCUT2D eigenvalue weighted by Crippen LogP contribution is 2.33. The molecule has 1 aromatic heterocycles. The van der Waals surface area contributed by atoms with E-state index in [-0.39, 0.29) is 17.4 Å². The number of hydrogen-bond acceptors (Lipinski definition) is 5. The third-order valence-corrected chi connectivity index (χ3v) is 6.91. The summed E-state index contributed by atoms with van der Waals surface area (Å²) in [5.41, 5.74) is 3.11. The van der Waals surface area contributed by atoms with Crippen molar-refractivity contribution in [3.63, 3.8) is 0 Å². The van der Waals surface area contributed by atoms with Gasteiger partial charge in [0.05, 0.1) is 11.3 Å². The van der Waals surface area contributed by atoms with E-state index >= 15 is 0 Å². The molecule has 3 aromatic rings. The summed E-state index contributed by atoms with van der Waals surface area (Å²) in [4.78, 5) is 19.4. The number of aryl methyl sites for hydroxylation is 1. The van der Waals surface area contributed by atoms with Crippen molar-refractivity contribution in [1.29, 1.82) is 0 Å². The third kappa shape index (κ3) is 5.84. The topological polar surface area (TPSA) is 152 Å². The van der Waals surface area contributed by atoms with E-state index in [0.717, 1.165) is 34.3 Å². The molecule has 2 aromatic carbocycles. The van der Waals surface area contributed by atoms with Gasteiger partial charge in [-0.05, 0) is 55.2 Å². The van der Waals surface area contributed by atoms with Crippen LogP contribution in [-0.4, -0.2) is 40.4 Å². The number of nitrogens with one attached hydrogen (secondary N) is 1. The van der Waals surface area contributed by atoms with Crippen molar-refractivity contribution in [1.82, 2.24) is 9.29 Å². The maximum atomic E-state index is 13.1. The Morgan fingerprint density at radius 3 is 2.48 bits per heavy atom. The average molecular weight is 479 g/mol. The molecule has 1 atom stereocenters. The molecule has 176 valence electrons. The molecule has 1 heterocycles. The van der Waals surface area contributed by atoms with Crippen LogP contribution in [0.5, 0.6) is 0 Å². The van der Waals surface area contributed by atoms with Crippen LogP contribution in [0.25, 0.3) is 10.9 Å². The predicted molar refractivity (Wildman–Crippen MR) is 116 cm³/mol. The number of fused-ring (bicyclic) bond motifs is 3. The lowest BCUT2D eigenvalue weighted by molar-refractivity contribution is -0.742. The highest BCUT2D eigenvalue weighted by molar-refractivity contribution is 7.89. The minimum absolute atomic E-state index is 0.0335. The molecule has 3 N–H and O–H groups in total. The Morgan fingerprint density at radius 1 is 1.21 bits per heavy atom. The molecule has 12 heteroatoms. The summed E-state index contributed by atoms with van der Waals surface area (Å²) >= 11 is 0. The Labute approximate surface area is 188 Å². The van der Waals surface area contributed by atoms with E-state index in [1.54, 1.807) is 0 Å². The van der Waals surface area contributed by atoms with E-state index in [9.17, 15) is 17.6 Å². The van der Waals surface area contributed by atoms with Crippen molar-refractivity contribution in [3.05, 3.63) is 75.7 Å². The molecule has 10 nitrogen and oxygen atoms in total. The van der Waals surface area contributed by atoms with Gasteiger partial charge in [0.15, 0.2) is 0 Å². The number of nitrogens with zero attached hydrogens (tertiary/aromatic N) is 2. The number of benzene rings is 2. The minimum Gasteiger partial charge on any atom is -0.481 e. The Bertz CT molecular complexity index is 1270. The molecule has 0 bridgehead atoms. The second-order valence-electron chi connectivity index (χ2n) is 7.49. The number of aliphatic carboxylic acids is 1. The molecular weight excluding hydrogens is 457 g/mol. The first-order valence-electron chi connectivity index (χ1n) is 10.0. The van der Waals surface area contributed by atoms with Gasteiger partial charge in [0.1, 0.15) is 5.82 Å². The standard InChI is InChI=1S/C21H21FN2O4S.HNO3/c22-14-5-8-16(9-6-14)29(27,28)23-15-7-10-20-18(13-15)17-3-1-2-4-19(17)24(20)12-11-21(25)26;2-1(3)4/h1-6,8-9,15,23H,7,10-13H2,(H,25,26);(H,2,3,4)/t15-;/m1./s1. The van der Waals surface area contributed by atoms with E-state index in [0.29, 0.717) is 25.8 Å². The lowest BCUT2D eigenvalue weighted by Crippen LogP contribution is -2.39. The number of carbonyl (C=O) groups is 1. The molecule has 0 unspecified atom stereocenters. The number of carboxylic acid groups (broad SMARTS) is 1. The first-order valence-corrected chi connectivity index (χ1v) is 11.5. The summed E-state index contributed by atoms with van der Waals surface area (Å²) in [6.07, 6.45) is 1.82. The maximum Gasteiger partial charge on any atom is 0.305 e. The van der Waals surface area contributed by atoms with Crippen molar-refractivity contribution in [3.8, 4) is 0 Å². The number of carboxylic acids is 1. The lowest BCUT2D eigenvalue weighted by Gasteiger charge is -2.25. The van der Waals surface area contributed by atoms with Gasteiger partial charge in [0, 0.05) is 29.2 Å². The zero-order valence-corrected chi connectivity index (χ0v) is 18.2. The number of sulfonamides is 1. The Hall–Kier alpha value is -3.51. The Balaban J connectivity index is 0.000000709. The van der Waals surface area contributed by atoms with Crippen LogP contribution in [-0.2, 0) is 34.2 Å². The SMILES string of the molecule is O=C(O)CCn1c2c(c3ccccc31)C[C@H](NS(=O)(=O)c1ccc(F)cc1)CC2.O=[N+]([O-])O. The summed E-state index contributed by atoms with van der Waals surface area (Å²) in [7, 11) is -3.75. The van der Waals surface area contributed by atoms with Crippen LogP contribution in [0, 0.1) is 15.9 Å². The van der Waals surface area contributed by atoms with Gasteiger partial charge in [0.2, 0.25) is 10.0 Å². The molecule has 33 heavy (non-hydrogen) atoms. The number of halogens is 1. The third-order valence-electron chi connectivity index (χ3n) is 5.37. The van der Waals surface area contributed by atoms with Crippen molar-refractivity contribution in [2.75, 3.05) is 0 Å². The average Bonchev–Trinajstić information content (AvgIpc) is 3.05. The predicted octanol–water partition coefficient (Wildman–Crippen LogP) is 2.74. The van der Waals surface area contributed by atoms with Crippen LogP contribution >= 0.6 is 0 Å². The zero-order valence-electron chi connectivity index (χ0n) is 17.3. The van der Waals surface area contributed by atoms with Crippen molar-refractivity contribution >= 4 is 26.9 Å². The Morgan fingerprint density at radius 2 is 1.85 bits per heavy atom. The number of aromatic nitrogens is 1. The van der Waals surface area contributed by atoms with E-state index < -0.39 is 26.9 Å². The minimum atomic E-state index is -3.75. The fourth-order valence-corrected chi connectivity index (χ4v) is 5.34. The second kappa shape index (κ2) is 9.96. The van der Waals surface area contributed by atoms with Gasteiger partial charge in [-0.25, -0.2) is 17.5 Å². The largest absolute Gasteiger partial charge is 0.481 e. The number of rotatable bonds is 6. The Kier molecular flexibility index (Phi) is 7.29. The number of hydrogen-bond donors (Lipinski definition) is 3. The van der Waals surface area contributed by atoms with Gasteiger partial charge in [-0.3, -0.25) is 4.79 Å². The van der Waals surface area contributed by atoms with Crippen LogP contribution in [0.3, 0.4) is 0 Å². The molecule has 0 saturated carbocycles. The van der Waals surface area contributed by atoms with Gasteiger partial charge in [-0.1, -0.05) is 18.2 Å². The van der Waals surface area contributed by atoms with Crippen LogP contribution in [0.1, 0.15) is 24.1 Å². The van der Waals surface area contributed by atoms with Gasteiger partial charge >= 0.3 is 5.97 Å². The first-order chi connectivity index (χ1) is 15.6. The second-order valence-corrected chi connectivity index (χ2v) is 9.20. The fraction of sp³-hybridized carbons (Fsp3) is 0.286. The molecule has 0 saturated heterocycles. The summed E-state index contributed by atoms with van der Waals surface area (Å²) in [6.45, 7) is 0.386. The van der Waals surface area contributed by atoms with E-state index in [1.165, 1.54) is 12.1 Å². The summed E-state index contributed by atoms with van der Waals surface area (Å²) in [5.74, 6) is -1.34. The molecule has 0 amide bonds. The highest BCUT2D eigenvalue weighted by atomic mass is 32.2. The van der Waals surface area contributed by atoms with E-state index in [1.807, 2.05) is 28.8 Å². The van der Waals surface area contributed by atoms with Gasteiger partial charge in [0.25, 0.3) is 5.09 Å². The fourth-order valence-electron chi connectivity index (χ4n) is 4.07. The van der Waals surface area contributed by atoms with Crippen LogP contribution in [0.15, 0.2) is 53.4 Å². The molecule has 0 aliphatic heterocycles. The van der Waals surface area contributed by atoms with Gasteiger partial charge in [-0.15, -0.1) is 10.1 Å². The number of para-hydroxylation sites is 1. The lowest BCUT2D eigenvalue weighted by atomic mass is 9.92. The first kappa shape index (κ1) is 24.1. The molecule has 1 aliphatic rings. The molecule has 0 spiro atoms. The molecular formula is C21H22FN3O7S. The van der Waals surface area contributed by atoms with E-state index in [2.05, 4.69) is 4.72 Å². The van der Waals surface area contributed by atoms with Crippen LogP contribution in [0.4, 0.5) is 4.39 Å². The van der Waals surface area contributed by atoms with Crippen LogP contribution in [0.2, 0.25) is 0 Å². The van der Waals surface area contributed by atoms with Gasteiger partial charge in [-0.2, -0.15) is 0 Å².